The molecule has 252 valence electrons. The second-order valence-corrected chi connectivity index (χ2v) is 12.8. The van der Waals surface area contributed by atoms with Gasteiger partial charge in [-0.1, -0.05) is 41.4 Å². The maximum absolute atomic E-state index is 15.9. The van der Waals surface area contributed by atoms with E-state index >= 15 is 4.39 Å². The van der Waals surface area contributed by atoms with Crippen molar-refractivity contribution >= 4 is 52.1 Å². The van der Waals surface area contributed by atoms with Crippen LogP contribution in [0.15, 0.2) is 60.0 Å². The number of ether oxygens (including phenoxy) is 3. The van der Waals surface area contributed by atoms with E-state index in [1.807, 2.05) is 6.07 Å². The first-order chi connectivity index (χ1) is 23.7. The van der Waals surface area contributed by atoms with Crippen molar-refractivity contribution in [2.75, 3.05) is 44.3 Å². The first-order valence-electron chi connectivity index (χ1n) is 15.6. The van der Waals surface area contributed by atoms with Gasteiger partial charge in [0.15, 0.2) is 6.73 Å². The number of nitrogens with zero attached hydrogens (tertiary/aromatic N) is 4. The summed E-state index contributed by atoms with van der Waals surface area (Å²) in [6, 6.07) is 11.6. The van der Waals surface area contributed by atoms with E-state index < -0.39 is 17.7 Å². The van der Waals surface area contributed by atoms with E-state index in [-0.39, 0.29) is 52.1 Å². The Morgan fingerprint density at radius 3 is 2.47 bits per heavy atom. The molecule has 2 atom stereocenters. The topological polar surface area (TPSA) is 129 Å². The Kier molecular flexibility index (Phi) is 8.86. The van der Waals surface area contributed by atoms with Gasteiger partial charge in [0.25, 0.3) is 5.91 Å². The van der Waals surface area contributed by atoms with Crippen LogP contribution < -0.4 is 15.0 Å². The van der Waals surface area contributed by atoms with E-state index in [0.29, 0.717) is 58.3 Å². The third-order valence-corrected chi connectivity index (χ3v) is 9.87. The first kappa shape index (κ1) is 32.8. The summed E-state index contributed by atoms with van der Waals surface area (Å²) in [7, 11) is 2.98. The maximum Gasteiger partial charge on any atom is 0.340 e. The first-order valence-corrected chi connectivity index (χ1v) is 16.3. The highest BCUT2D eigenvalue weighted by Crippen LogP contribution is 2.44. The van der Waals surface area contributed by atoms with Gasteiger partial charge in [0.2, 0.25) is 0 Å². The number of methoxy groups -OCH3 is 1. The van der Waals surface area contributed by atoms with Gasteiger partial charge in [0.05, 0.1) is 77.7 Å². The monoisotopic (exact) mass is 704 g/mol. The number of nitrogens with one attached hydrogen (secondary N) is 2. The Balaban J connectivity index is 1.20. The molecule has 2 bridgehead atoms. The minimum atomic E-state index is -0.618. The molecular formula is C35H31Cl2FN6O5. The highest BCUT2D eigenvalue weighted by molar-refractivity contribution is 6.40. The van der Waals surface area contributed by atoms with Crippen LogP contribution in [-0.2, 0) is 16.0 Å². The average Bonchev–Trinajstić information content (AvgIpc) is 3.36. The van der Waals surface area contributed by atoms with Crippen molar-refractivity contribution in [1.29, 1.82) is 5.53 Å². The summed E-state index contributed by atoms with van der Waals surface area (Å²) in [5.41, 5.74) is 11.9. The number of carbonyl (C=O) groups excluding carboxylic acids is 2. The number of anilines is 2. The zero-order chi connectivity index (χ0) is 34.4. The summed E-state index contributed by atoms with van der Waals surface area (Å²) in [5.74, 6) is -1.24. The van der Waals surface area contributed by atoms with Gasteiger partial charge in [-0.05, 0) is 42.7 Å². The third-order valence-electron chi connectivity index (χ3n) is 9.27. The lowest BCUT2D eigenvalue weighted by Gasteiger charge is -2.37. The summed E-state index contributed by atoms with van der Waals surface area (Å²) in [4.78, 5) is 34.5. The van der Waals surface area contributed by atoms with Gasteiger partial charge in [-0.25, -0.2) is 14.7 Å². The van der Waals surface area contributed by atoms with Crippen molar-refractivity contribution in [3.05, 3.63) is 87.4 Å². The average molecular weight is 706 g/mol. The van der Waals surface area contributed by atoms with Crippen molar-refractivity contribution < 1.29 is 28.2 Å². The molecule has 0 spiro atoms. The fraction of sp³-hybridized carbons (Fsp3) is 0.286. The zero-order valence-electron chi connectivity index (χ0n) is 26.6. The summed E-state index contributed by atoms with van der Waals surface area (Å²) >= 11 is 13.3. The Morgan fingerprint density at radius 1 is 1.06 bits per heavy atom. The Morgan fingerprint density at radius 2 is 1.80 bits per heavy atom. The van der Waals surface area contributed by atoms with Gasteiger partial charge < -0.3 is 29.3 Å². The Hall–Kier alpha value is -4.78. The standard InChI is InChI=1S/C35H31Cl2FN6O5/c1-40-29-13-41-12-25(32(29)42-39)19-8-26(36)31(27(37)9-19)34(45)43-14-18-4-3-5-22(33(18)49-17-43)23-11-30(24(10-28(23)38)35(46)47-2)44-20-6-7-21(44)16-48-15-20/h3-5,8-13,20-21,39-40H,6-7,14-17H2,1-2H3. The van der Waals surface area contributed by atoms with E-state index in [2.05, 4.69) is 20.3 Å². The van der Waals surface area contributed by atoms with Crippen molar-refractivity contribution in [1.82, 2.24) is 9.88 Å². The number of rotatable bonds is 7. The quantitative estimate of drug-likeness (QED) is 0.148. The Labute approximate surface area is 291 Å². The summed E-state index contributed by atoms with van der Waals surface area (Å²) < 4.78 is 32.8. The van der Waals surface area contributed by atoms with Gasteiger partial charge in [-0.3, -0.25) is 9.78 Å². The number of aromatic nitrogens is 1. The maximum atomic E-state index is 15.9. The van der Waals surface area contributed by atoms with Gasteiger partial charge in [0.1, 0.15) is 17.3 Å². The van der Waals surface area contributed by atoms with Crippen LogP contribution in [-0.4, -0.2) is 67.9 Å². The van der Waals surface area contributed by atoms with E-state index in [0.717, 1.165) is 12.8 Å². The van der Waals surface area contributed by atoms with Crippen LogP contribution in [0.1, 0.15) is 39.1 Å². The van der Waals surface area contributed by atoms with E-state index in [1.54, 1.807) is 49.8 Å². The lowest BCUT2D eigenvalue weighted by molar-refractivity contribution is 0.0515. The molecule has 3 aromatic carbocycles. The number of para-hydroxylation sites is 1. The predicted molar refractivity (Wildman–Crippen MR) is 183 cm³/mol. The largest absolute Gasteiger partial charge is 0.472 e. The van der Waals surface area contributed by atoms with Gasteiger partial charge in [-0.15, -0.1) is 0 Å². The number of pyridine rings is 1. The minimum Gasteiger partial charge on any atom is -0.472 e. The number of hydrogen-bond acceptors (Lipinski definition) is 10. The van der Waals surface area contributed by atoms with Crippen LogP contribution in [0.5, 0.6) is 5.75 Å². The molecule has 1 aromatic heterocycles. The summed E-state index contributed by atoms with van der Waals surface area (Å²) in [5, 5.41) is 6.80. The number of halogens is 3. The normalized spacial score (nSPS) is 18.1. The van der Waals surface area contributed by atoms with Crippen LogP contribution in [0.4, 0.5) is 21.5 Å². The molecule has 3 aliphatic rings. The highest BCUT2D eigenvalue weighted by Gasteiger charge is 2.40. The molecule has 11 nitrogen and oxygen atoms in total. The molecule has 4 heterocycles. The molecule has 3 aliphatic heterocycles. The lowest BCUT2D eigenvalue weighted by Crippen LogP contribution is -2.46. The third kappa shape index (κ3) is 5.73. The molecule has 4 aromatic rings. The molecule has 2 N–H and O–H groups in total. The molecular weight excluding hydrogens is 674 g/mol. The van der Waals surface area contributed by atoms with Crippen LogP contribution in [0, 0.1) is 11.3 Å². The minimum absolute atomic E-state index is 0.0681. The highest BCUT2D eigenvalue weighted by atomic mass is 35.5. The zero-order valence-corrected chi connectivity index (χ0v) is 28.1. The second kappa shape index (κ2) is 13.3. The number of benzene rings is 3. The summed E-state index contributed by atoms with van der Waals surface area (Å²) in [6.45, 7) is 1.05. The molecule has 7 rings (SSSR count). The van der Waals surface area contributed by atoms with E-state index in [9.17, 15) is 9.59 Å². The van der Waals surface area contributed by atoms with Crippen LogP contribution in [0.25, 0.3) is 22.3 Å². The predicted octanol–water partition coefficient (Wildman–Crippen LogP) is 7.71. The van der Waals surface area contributed by atoms with Crippen molar-refractivity contribution in [2.24, 2.45) is 5.11 Å². The number of hydrogen-bond donors (Lipinski definition) is 2. The van der Waals surface area contributed by atoms with Crippen LogP contribution in [0.3, 0.4) is 0 Å². The number of morpholine rings is 1. The molecule has 14 heteroatoms. The van der Waals surface area contributed by atoms with Gasteiger partial charge >= 0.3 is 5.97 Å². The molecule has 0 aliphatic carbocycles. The Bertz CT molecular complexity index is 1970. The second-order valence-electron chi connectivity index (χ2n) is 12.0. The fourth-order valence-electron chi connectivity index (χ4n) is 6.95. The van der Waals surface area contributed by atoms with Crippen molar-refractivity contribution in [2.45, 2.75) is 31.5 Å². The molecule has 2 unspecified atom stereocenters. The van der Waals surface area contributed by atoms with Crippen molar-refractivity contribution in [3.8, 4) is 28.0 Å². The van der Waals surface area contributed by atoms with Gasteiger partial charge in [0, 0.05) is 35.5 Å². The number of fused-ring (bicyclic) bond motifs is 3. The molecule has 49 heavy (non-hydrogen) atoms. The van der Waals surface area contributed by atoms with Crippen LogP contribution in [0.2, 0.25) is 10.0 Å². The number of carbonyl (C=O) groups is 2. The number of amides is 1. The fourth-order valence-corrected chi connectivity index (χ4v) is 7.60. The SMILES string of the molecule is CNc1cncc(-c2cc(Cl)c(C(=O)N3COc4c(cccc4-c4cc(N5C6CCC5COC6)c(C(=O)OC)cc4F)C3)c(Cl)c2)c1N=N. The molecule has 1 amide bonds. The van der Waals surface area contributed by atoms with Gasteiger partial charge in [-0.2, -0.15) is 5.11 Å². The molecule has 0 radical (unpaired) electrons. The van der Waals surface area contributed by atoms with E-state index in [1.165, 1.54) is 18.1 Å². The lowest BCUT2D eigenvalue weighted by atomic mass is 9.96. The number of esters is 1. The van der Waals surface area contributed by atoms with E-state index in [4.69, 9.17) is 42.9 Å². The molecule has 0 saturated carbocycles. The van der Waals surface area contributed by atoms with Crippen LogP contribution >= 0.6 is 23.2 Å². The molecule has 2 fully saturated rings. The summed E-state index contributed by atoms with van der Waals surface area (Å²) in [6.07, 6.45) is 4.91. The van der Waals surface area contributed by atoms with Crippen molar-refractivity contribution in [3.63, 3.8) is 0 Å². The smallest absolute Gasteiger partial charge is 0.340 e. The molecule has 2 saturated heterocycles.